The van der Waals surface area contributed by atoms with Crippen molar-refractivity contribution < 1.29 is 0 Å². The monoisotopic (exact) mass is 295 g/mol. The van der Waals surface area contributed by atoms with Gasteiger partial charge in [0.2, 0.25) is 0 Å². The molecule has 1 nitrogen and oxygen atoms in total. The topological polar surface area (TPSA) is 26.0 Å². The number of hydrogen-bond acceptors (Lipinski definition) is 1. The first-order valence-electron chi connectivity index (χ1n) is 9.35. The Morgan fingerprint density at radius 1 is 0.667 bits per heavy atom. The van der Waals surface area contributed by atoms with Gasteiger partial charge in [0.05, 0.1) is 0 Å². The predicted octanol–water partition coefficient (Wildman–Crippen LogP) is 6.31. The summed E-state index contributed by atoms with van der Waals surface area (Å²) in [4.78, 5) is 0. The highest BCUT2D eigenvalue weighted by molar-refractivity contribution is 4.84. The van der Waals surface area contributed by atoms with E-state index < -0.39 is 0 Å². The van der Waals surface area contributed by atoms with Crippen LogP contribution in [0, 0.1) is 16.7 Å². The molecule has 0 aromatic heterocycles. The van der Waals surface area contributed by atoms with Gasteiger partial charge in [0.1, 0.15) is 0 Å². The first kappa shape index (κ1) is 19.0. The Hall–Kier alpha value is -0.0400. The SMILES string of the molecule is CC(C)C1(C)CCCCC(C)(C)CCC(C)(N)CCCC1. The molecule has 0 saturated heterocycles. The summed E-state index contributed by atoms with van der Waals surface area (Å²) in [5, 5.41) is 0. The minimum absolute atomic E-state index is 0.0412. The lowest BCUT2D eigenvalue weighted by Crippen LogP contribution is -2.37. The molecule has 0 bridgehead atoms. The van der Waals surface area contributed by atoms with Crippen LogP contribution in [-0.4, -0.2) is 5.54 Å². The van der Waals surface area contributed by atoms with Gasteiger partial charge < -0.3 is 5.73 Å². The smallest absolute Gasteiger partial charge is 0.0126 e. The number of hydrogen-bond donors (Lipinski definition) is 1. The van der Waals surface area contributed by atoms with Crippen LogP contribution < -0.4 is 5.73 Å². The molecule has 0 amide bonds. The maximum absolute atomic E-state index is 6.55. The molecule has 1 heteroatoms. The van der Waals surface area contributed by atoms with E-state index in [1.165, 1.54) is 64.2 Å². The summed E-state index contributed by atoms with van der Waals surface area (Å²) in [5.41, 5.74) is 7.58. The largest absolute Gasteiger partial charge is 0.325 e. The molecule has 2 N–H and O–H groups in total. The molecule has 2 atom stereocenters. The molecule has 0 aliphatic heterocycles. The molecule has 126 valence electrons. The predicted molar refractivity (Wildman–Crippen MR) is 95.5 cm³/mol. The maximum Gasteiger partial charge on any atom is 0.0126 e. The number of nitrogens with two attached hydrogens (primary N) is 1. The van der Waals surface area contributed by atoms with Crippen molar-refractivity contribution in [2.45, 2.75) is 111 Å². The minimum Gasteiger partial charge on any atom is -0.325 e. The molecular formula is C20H41N. The third kappa shape index (κ3) is 6.72. The van der Waals surface area contributed by atoms with Crippen LogP contribution in [0.25, 0.3) is 0 Å². The van der Waals surface area contributed by atoms with Gasteiger partial charge in [0.15, 0.2) is 0 Å². The van der Waals surface area contributed by atoms with Gasteiger partial charge in [0, 0.05) is 5.54 Å². The summed E-state index contributed by atoms with van der Waals surface area (Å²) in [6.07, 6.45) is 13.2. The van der Waals surface area contributed by atoms with Gasteiger partial charge in [-0.25, -0.2) is 0 Å². The summed E-state index contributed by atoms with van der Waals surface area (Å²) >= 11 is 0. The van der Waals surface area contributed by atoms with E-state index in [4.69, 9.17) is 5.73 Å². The molecule has 0 spiro atoms. The van der Waals surface area contributed by atoms with Crippen molar-refractivity contribution in [3.8, 4) is 0 Å². The van der Waals surface area contributed by atoms with Crippen molar-refractivity contribution >= 4 is 0 Å². The van der Waals surface area contributed by atoms with Crippen molar-refractivity contribution in [3.63, 3.8) is 0 Å². The Labute approximate surface area is 134 Å². The molecular weight excluding hydrogens is 254 g/mol. The molecule has 2 unspecified atom stereocenters. The second-order valence-corrected chi connectivity index (χ2v) is 9.54. The van der Waals surface area contributed by atoms with Gasteiger partial charge in [-0.3, -0.25) is 0 Å². The highest BCUT2D eigenvalue weighted by Crippen LogP contribution is 2.40. The van der Waals surface area contributed by atoms with Crippen LogP contribution in [0.2, 0.25) is 0 Å². The van der Waals surface area contributed by atoms with E-state index in [-0.39, 0.29) is 5.54 Å². The first-order valence-corrected chi connectivity index (χ1v) is 9.35. The fourth-order valence-corrected chi connectivity index (χ4v) is 3.77. The Balaban J connectivity index is 2.72. The highest BCUT2D eigenvalue weighted by Gasteiger charge is 2.29. The standard InChI is InChI=1S/C20H41N/c1-17(2)19(5)12-8-7-11-18(3,4)15-16-20(6,21)14-10-9-13-19/h17H,7-16,21H2,1-6H3. The van der Waals surface area contributed by atoms with Crippen LogP contribution >= 0.6 is 0 Å². The zero-order valence-corrected chi connectivity index (χ0v) is 15.7. The number of rotatable bonds is 1. The van der Waals surface area contributed by atoms with E-state index in [2.05, 4.69) is 41.5 Å². The van der Waals surface area contributed by atoms with Crippen LogP contribution in [0.1, 0.15) is 106 Å². The third-order valence-electron chi connectivity index (χ3n) is 6.36. The Bertz CT molecular complexity index is 277. The molecule has 1 rings (SSSR count). The first-order chi connectivity index (χ1) is 9.56. The van der Waals surface area contributed by atoms with Crippen LogP contribution in [0.5, 0.6) is 0 Å². The fourth-order valence-electron chi connectivity index (χ4n) is 3.77. The minimum atomic E-state index is 0.0412. The van der Waals surface area contributed by atoms with E-state index in [1.54, 1.807) is 0 Å². The zero-order chi connectivity index (χ0) is 16.1. The van der Waals surface area contributed by atoms with E-state index in [0.717, 1.165) is 5.92 Å². The highest BCUT2D eigenvalue weighted by atomic mass is 14.7. The summed E-state index contributed by atoms with van der Waals surface area (Å²) in [7, 11) is 0. The van der Waals surface area contributed by atoms with Gasteiger partial charge in [0.25, 0.3) is 0 Å². The molecule has 0 aromatic carbocycles. The quantitative estimate of drug-likeness (QED) is 0.603. The van der Waals surface area contributed by atoms with Crippen molar-refractivity contribution in [1.29, 1.82) is 0 Å². The summed E-state index contributed by atoms with van der Waals surface area (Å²) in [5.74, 6) is 0.792. The fraction of sp³-hybridized carbons (Fsp3) is 1.00. The Morgan fingerprint density at radius 2 is 1.14 bits per heavy atom. The van der Waals surface area contributed by atoms with Crippen LogP contribution in [0.3, 0.4) is 0 Å². The zero-order valence-electron chi connectivity index (χ0n) is 15.7. The van der Waals surface area contributed by atoms with E-state index in [0.29, 0.717) is 10.8 Å². The molecule has 1 aliphatic carbocycles. The van der Waals surface area contributed by atoms with Crippen molar-refractivity contribution in [2.75, 3.05) is 0 Å². The molecule has 21 heavy (non-hydrogen) atoms. The van der Waals surface area contributed by atoms with E-state index in [9.17, 15) is 0 Å². The maximum atomic E-state index is 6.55. The van der Waals surface area contributed by atoms with Gasteiger partial charge in [-0.15, -0.1) is 0 Å². The summed E-state index contributed by atoms with van der Waals surface area (Å²) < 4.78 is 0. The van der Waals surface area contributed by atoms with Crippen molar-refractivity contribution in [1.82, 2.24) is 0 Å². The normalized spacial score (nSPS) is 36.6. The van der Waals surface area contributed by atoms with Crippen molar-refractivity contribution in [3.05, 3.63) is 0 Å². The lowest BCUT2D eigenvalue weighted by molar-refractivity contribution is 0.165. The second kappa shape index (κ2) is 7.49. The summed E-state index contributed by atoms with van der Waals surface area (Å²) in [6.45, 7) is 14.5. The van der Waals surface area contributed by atoms with Gasteiger partial charge in [-0.05, 0) is 62.2 Å². The average molecular weight is 296 g/mol. The molecule has 1 fully saturated rings. The van der Waals surface area contributed by atoms with Crippen LogP contribution in [0.15, 0.2) is 0 Å². The van der Waals surface area contributed by atoms with E-state index >= 15 is 0 Å². The average Bonchev–Trinajstić information content (AvgIpc) is 2.38. The Morgan fingerprint density at radius 3 is 1.67 bits per heavy atom. The van der Waals surface area contributed by atoms with E-state index in [1.807, 2.05) is 0 Å². The molecule has 0 radical (unpaired) electrons. The van der Waals surface area contributed by atoms with Crippen molar-refractivity contribution in [2.24, 2.45) is 22.5 Å². The van der Waals surface area contributed by atoms with Gasteiger partial charge in [-0.1, -0.05) is 60.3 Å². The Kier molecular flexibility index (Phi) is 6.78. The van der Waals surface area contributed by atoms with Gasteiger partial charge in [-0.2, -0.15) is 0 Å². The second-order valence-electron chi connectivity index (χ2n) is 9.54. The van der Waals surface area contributed by atoms with Crippen LogP contribution in [0.4, 0.5) is 0 Å². The lowest BCUT2D eigenvalue weighted by Gasteiger charge is -2.34. The molecule has 0 heterocycles. The lowest BCUT2D eigenvalue weighted by atomic mass is 9.71. The third-order valence-corrected chi connectivity index (χ3v) is 6.36. The van der Waals surface area contributed by atoms with Crippen LogP contribution in [-0.2, 0) is 0 Å². The molecule has 1 saturated carbocycles. The molecule has 1 aliphatic rings. The van der Waals surface area contributed by atoms with Gasteiger partial charge >= 0.3 is 0 Å². The summed E-state index contributed by atoms with van der Waals surface area (Å²) in [6, 6.07) is 0. The molecule has 0 aromatic rings.